The van der Waals surface area contributed by atoms with Crippen LogP contribution in [0, 0.1) is 4.77 Å². The van der Waals surface area contributed by atoms with Crippen molar-refractivity contribution in [2.24, 2.45) is 0 Å². The van der Waals surface area contributed by atoms with Crippen molar-refractivity contribution in [3.63, 3.8) is 0 Å². The minimum absolute atomic E-state index is 0.125. The first-order chi connectivity index (χ1) is 7.38. The number of aromatic nitrogens is 2. The maximum atomic E-state index is 11.7. The van der Waals surface area contributed by atoms with Crippen LogP contribution in [-0.4, -0.2) is 28.9 Å². The predicted octanol–water partition coefficient (Wildman–Crippen LogP) is 1.48. The Balaban J connectivity index is 2.44. The second kappa shape index (κ2) is 5.26. The molecule has 0 atom stereocenters. The quantitative estimate of drug-likeness (QED) is 0.654. The van der Waals surface area contributed by atoms with Gasteiger partial charge in [0.1, 0.15) is 6.61 Å². The summed E-state index contributed by atoms with van der Waals surface area (Å²) in [5.41, 5.74) is -0.350. The summed E-state index contributed by atoms with van der Waals surface area (Å²) in [5.74, 6) is 0. The maximum absolute atomic E-state index is 11.7. The topological polar surface area (TPSA) is 47.0 Å². The zero-order valence-electron chi connectivity index (χ0n) is 8.08. The second-order valence-electron chi connectivity index (χ2n) is 2.97. The van der Waals surface area contributed by atoms with Gasteiger partial charge in [-0.1, -0.05) is 0 Å². The van der Waals surface area contributed by atoms with Crippen molar-refractivity contribution in [3.8, 4) is 0 Å². The van der Waals surface area contributed by atoms with Gasteiger partial charge in [0.15, 0.2) is 4.77 Å². The number of rotatable bonds is 4. The molecule has 90 valence electrons. The minimum atomic E-state index is -4.33. The summed E-state index contributed by atoms with van der Waals surface area (Å²) in [6.07, 6.45) is -2.93. The van der Waals surface area contributed by atoms with E-state index in [1.807, 2.05) is 0 Å². The lowest BCUT2D eigenvalue weighted by molar-refractivity contribution is -0.174. The number of aromatic amines is 1. The van der Waals surface area contributed by atoms with Crippen molar-refractivity contribution >= 4 is 12.2 Å². The monoisotopic (exact) mass is 254 g/mol. The molecule has 1 rings (SSSR count). The number of alkyl halides is 3. The van der Waals surface area contributed by atoms with Crippen molar-refractivity contribution in [3.05, 3.63) is 27.4 Å². The van der Waals surface area contributed by atoms with Crippen LogP contribution in [0.4, 0.5) is 13.2 Å². The smallest absolute Gasteiger partial charge is 0.370 e. The molecule has 1 aromatic rings. The molecule has 0 aliphatic carbocycles. The Morgan fingerprint density at radius 3 is 2.75 bits per heavy atom. The number of H-pyrrole nitrogens is 1. The lowest BCUT2D eigenvalue weighted by Crippen LogP contribution is -2.20. The Bertz CT molecular complexity index is 452. The lowest BCUT2D eigenvalue weighted by atomic mass is 10.6. The molecule has 1 aromatic heterocycles. The zero-order chi connectivity index (χ0) is 12.2. The molecule has 0 spiro atoms. The molecule has 0 unspecified atom stereocenters. The molecule has 0 aromatic carbocycles. The van der Waals surface area contributed by atoms with Crippen LogP contribution in [0.5, 0.6) is 0 Å². The average Bonchev–Trinajstić information content (AvgIpc) is 2.13. The fourth-order valence-electron chi connectivity index (χ4n) is 0.971. The standard InChI is InChI=1S/C8H9F3N2O2S/c9-8(10,11)5-15-4-3-13-2-1-6(14)12-7(13)16/h1-2H,3-5H2,(H,12,14,16). The fourth-order valence-corrected chi connectivity index (χ4v) is 1.22. The van der Waals surface area contributed by atoms with Gasteiger partial charge in [-0.2, -0.15) is 13.2 Å². The van der Waals surface area contributed by atoms with Crippen LogP contribution in [-0.2, 0) is 11.3 Å². The lowest BCUT2D eigenvalue weighted by Gasteiger charge is -2.09. The molecule has 0 aliphatic heterocycles. The van der Waals surface area contributed by atoms with Crippen molar-refractivity contribution < 1.29 is 17.9 Å². The molecule has 8 heteroatoms. The van der Waals surface area contributed by atoms with E-state index in [4.69, 9.17) is 12.2 Å². The van der Waals surface area contributed by atoms with Gasteiger partial charge in [0.25, 0.3) is 5.56 Å². The zero-order valence-corrected chi connectivity index (χ0v) is 8.90. The maximum Gasteiger partial charge on any atom is 0.411 e. The summed E-state index contributed by atoms with van der Waals surface area (Å²) < 4.78 is 41.1. The van der Waals surface area contributed by atoms with Gasteiger partial charge in [-0.3, -0.25) is 9.78 Å². The molecular weight excluding hydrogens is 245 g/mol. The summed E-state index contributed by atoms with van der Waals surface area (Å²) in [6.45, 7) is -1.25. The van der Waals surface area contributed by atoms with Crippen molar-refractivity contribution in [2.75, 3.05) is 13.2 Å². The second-order valence-corrected chi connectivity index (χ2v) is 3.36. The number of halogens is 3. The van der Waals surface area contributed by atoms with Gasteiger partial charge >= 0.3 is 6.18 Å². The molecule has 1 N–H and O–H groups in total. The molecule has 16 heavy (non-hydrogen) atoms. The number of ether oxygens (including phenoxy) is 1. The Morgan fingerprint density at radius 2 is 2.19 bits per heavy atom. The average molecular weight is 254 g/mol. The normalized spacial score (nSPS) is 11.7. The van der Waals surface area contributed by atoms with Crippen LogP contribution < -0.4 is 5.56 Å². The largest absolute Gasteiger partial charge is 0.411 e. The Kier molecular flexibility index (Phi) is 4.25. The highest BCUT2D eigenvalue weighted by atomic mass is 32.1. The Morgan fingerprint density at radius 1 is 1.50 bits per heavy atom. The highest BCUT2D eigenvalue weighted by molar-refractivity contribution is 7.71. The summed E-state index contributed by atoms with van der Waals surface area (Å²) in [6, 6.07) is 1.24. The van der Waals surface area contributed by atoms with E-state index in [2.05, 4.69) is 9.72 Å². The van der Waals surface area contributed by atoms with Crippen LogP contribution in [0.15, 0.2) is 17.1 Å². The number of nitrogens with one attached hydrogen (secondary N) is 1. The third kappa shape index (κ3) is 4.58. The molecule has 0 aliphatic rings. The van der Waals surface area contributed by atoms with Crippen LogP contribution >= 0.6 is 12.2 Å². The van der Waals surface area contributed by atoms with Crippen LogP contribution in [0.2, 0.25) is 0 Å². The molecule has 1 heterocycles. The first-order valence-electron chi connectivity index (χ1n) is 4.33. The van der Waals surface area contributed by atoms with Crippen molar-refractivity contribution in [1.82, 2.24) is 9.55 Å². The van der Waals surface area contributed by atoms with E-state index < -0.39 is 12.8 Å². The minimum Gasteiger partial charge on any atom is -0.370 e. The number of hydrogen-bond donors (Lipinski definition) is 1. The molecule has 0 saturated carbocycles. The Labute approximate surface area is 93.7 Å². The van der Waals surface area contributed by atoms with Gasteiger partial charge in [-0.25, -0.2) is 0 Å². The van der Waals surface area contributed by atoms with Gasteiger partial charge in [0.2, 0.25) is 0 Å². The first kappa shape index (κ1) is 12.9. The summed E-state index contributed by atoms with van der Waals surface area (Å²) in [5, 5.41) is 0. The summed E-state index contributed by atoms with van der Waals surface area (Å²) in [4.78, 5) is 13.1. The van der Waals surface area contributed by atoms with E-state index in [0.29, 0.717) is 0 Å². The summed E-state index contributed by atoms with van der Waals surface area (Å²) in [7, 11) is 0. The molecule has 0 saturated heterocycles. The molecule has 0 amide bonds. The van der Waals surface area contributed by atoms with Gasteiger partial charge < -0.3 is 9.30 Å². The van der Waals surface area contributed by atoms with E-state index in [1.165, 1.54) is 16.8 Å². The summed E-state index contributed by atoms with van der Waals surface area (Å²) >= 11 is 4.79. The van der Waals surface area contributed by atoms with E-state index in [1.54, 1.807) is 0 Å². The number of hydrogen-bond acceptors (Lipinski definition) is 3. The SMILES string of the molecule is O=c1ccn(CCOCC(F)(F)F)c(=S)[nH]1. The van der Waals surface area contributed by atoms with Gasteiger partial charge in [-0.05, 0) is 12.2 Å². The third-order valence-corrected chi connectivity index (χ3v) is 1.98. The molecule has 4 nitrogen and oxygen atoms in total. The molecule has 0 fully saturated rings. The van der Waals surface area contributed by atoms with E-state index in [-0.39, 0.29) is 23.5 Å². The highest BCUT2D eigenvalue weighted by Crippen LogP contribution is 2.14. The molecule has 0 bridgehead atoms. The number of nitrogens with zero attached hydrogens (tertiary/aromatic N) is 1. The van der Waals surface area contributed by atoms with E-state index in [9.17, 15) is 18.0 Å². The van der Waals surface area contributed by atoms with Crippen molar-refractivity contribution in [2.45, 2.75) is 12.7 Å². The van der Waals surface area contributed by atoms with Crippen LogP contribution in [0.1, 0.15) is 0 Å². The first-order valence-corrected chi connectivity index (χ1v) is 4.73. The Hall–Kier alpha value is -1.15. The molecule has 0 radical (unpaired) electrons. The van der Waals surface area contributed by atoms with Crippen LogP contribution in [0.3, 0.4) is 0 Å². The van der Waals surface area contributed by atoms with E-state index in [0.717, 1.165) is 0 Å². The van der Waals surface area contributed by atoms with E-state index >= 15 is 0 Å². The van der Waals surface area contributed by atoms with Gasteiger partial charge in [0.05, 0.1) is 6.61 Å². The fraction of sp³-hybridized carbons (Fsp3) is 0.500. The molecular formula is C8H9F3N2O2S. The predicted molar refractivity (Wildman–Crippen MR) is 52.8 cm³/mol. The van der Waals surface area contributed by atoms with Crippen molar-refractivity contribution in [1.29, 1.82) is 0 Å². The van der Waals surface area contributed by atoms with Crippen LogP contribution in [0.25, 0.3) is 0 Å². The van der Waals surface area contributed by atoms with Gasteiger partial charge in [0, 0.05) is 18.8 Å². The van der Waals surface area contributed by atoms with Gasteiger partial charge in [-0.15, -0.1) is 0 Å². The highest BCUT2D eigenvalue weighted by Gasteiger charge is 2.27. The third-order valence-electron chi connectivity index (χ3n) is 1.64.